The van der Waals surface area contributed by atoms with Crippen LogP contribution in [0.25, 0.3) is 0 Å². The summed E-state index contributed by atoms with van der Waals surface area (Å²) in [4.78, 5) is 10.9. The number of hydrogen-bond acceptors (Lipinski definition) is 3. The van der Waals surface area contributed by atoms with E-state index < -0.39 is 5.97 Å². The van der Waals surface area contributed by atoms with Crippen molar-refractivity contribution in [1.82, 2.24) is 0 Å². The van der Waals surface area contributed by atoms with Gasteiger partial charge in [-0.3, -0.25) is 0 Å². The molecule has 1 unspecified atom stereocenters. The second-order valence-corrected chi connectivity index (χ2v) is 4.26. The van der Waals surface area contributed by atoms with Crippen LogP contribution in [0.15, 0.2) is 24.3 Å². The summed E-state index contributed by atoms with van der Waals surface area (Å²) in [7, 11) is 0. The number of hydrogen-bond donors (Lipinski definition) is 2. The molecule has 1 atom stereocenters. The smallest absolute Gasteiger partial charge is 0.337 e. The lowest BCUT2D eigenvalue weighted by Gasteiger charge is -2.15. The minimum absolute atomic E-state index is 0.264. The average molecular weight is 225 g/mol. The lowest BCUT2D eigenvalue weighted by atomic mass is 10.1. The first kappa shape index (κ1) is 11.9. The molecule has 0 aliphatic carbocycles. The van der Waals surface area contributed by atoms with E-state index in [0.29, 0.717) is 11.3 Å². The summed E-state index contributed by atoms with van der Waals surface area (Å²) in [5.74, 6) is 0.0583. The molecule has 1 aromatic rings. The minimum atomic E-state index is -0.894. The Hall–Kier alpha value is -1.16. The number of rotatable bonds is 5. The maximum Gasteiger partial charge on any atom is 0.337 e. The fourth-order valence-electron chi connectivity index (χ4n) is 1.35. The monoisotopic (exact) mass is 225 g/mol. The number of nitrogens with one attached hydrogen (secondary N) is 1. The third kappa shape index (κ3) is 3.47. The molecule has 0 radical (unpaired) electrons. The van der Waals surface area contributed by atoms with Crippen LogP contribution in [-0.2, 0) is 0 Å². The largest absolute Gasteiger partial charge is 0.478 e. The van der Waals surface area contributed by atoms with Gasteiger partial charge in [-0.25, -0.2) is 4.79 Å². The van der Waals surface area contributed by atoms with Crippen molar-refractivity contribution in [1.29, 1.82) is 0 Å². The zero-order valence-corrected chi connectivity index (χ0v) is 9.67. The topological polar surface area (TPSA) is 49.3 Å². The molecule has 0 saturated heterocycles. The molecular formula is C11H15NO2S. The van der Waals surface area contributed by atoms with E-state index in [1.54, 1.807) is 30.0 Å². The van der Waals surface area contributed by atoms with Gasteiger partial charge in [0.2, 0.25) is 0 Å². The van der Waals surface area contributed by atoms with Crippen LogP contribution in [0.1, 0.15) is 17.3 Å². The van der Waals surface area contributed by atoms with Crippen molar-refractivity contribution in [2.75, 3.05) is 17.3 Å². The molecule has 0 spiro atoms. The Balaban J connectivity index is 2.79. The van der Waals surface area contributed by atoms with Gasteiger partial charge in [-0.05, 0) is 25.3 Å². The molecule has 82 valence electrons. The standard InChI is InChI=1S/C11H15NO2S/c1-8(7-15-2)12-10-6-4-3-5-9(10)11(13)14/h3-6,8,12H,7H2,1-2H3,(H,13,14). The highest BCUT2D eigenvalue weighted by atomic mass is 32.2. The van der Waals surface area contributed by atoms with Crippen LogP contribution >= 0.6 is 11.8 Å². The number of carboxylic acid groups (broad SMARTS) is 1. The molecule has 0 aliphatic rings. The van der Waals surface area contributed by atoms with Crippen LogP contribution in [0.3, 0.4) is 0 Å². The zero-order valence-electron chi connectivity index (χ0n) is 8.86. The van der Waals surface area contributed by atoms with Crippen LogP contribution in [0.4, 0.5) is 5.69 Å². The van der Waals surface area contributed by atoms with E-state index in [-0.39, 0.29) is 6.04 Å². The molecule has 1 rings (SSSR count). The number of carbonyl (C=O) groups is 1. The van der Waals surface area contributed by atoms with Crippen molar-refractivity contribution in [2.24, 2.45) is 0 Å². The average Bonchev–Trinajstić information content (AvgIpc) is 2.18. The molecule has 0 aliphatic heterocycles. The first-order chi connectivity index (χ1) is 7.15. The highest BCUT2D eigenvalue weighted by Gasteiger charge is 2.10. The fourth-order valence-corrected chi connectivity index (χ4v) is 1.94. The fraction of sp³-hybridized carbons (Fsp3) is 0.364. The molecule has 0 heterocycles. The van der Waals surface area contributed by atoms with E-state index in [4.69, 9.17) is 5.11 Å². The Kier molecular flexibility index (Phi) is 4.49. The Morgan fingerprint density at radius 1 is 1.53 bits per heavy atom. The third-order valence-corrected chi connectivity index (χ3v) is 2.81. The van der Waals surface area contributed by atoms with Crippen LogP contribution in [0, 0.1) is 0 Å². The van der Waals surface area contributed by atoms with Crippen LogP contribution in [0.2, 0.25) is 0 Å². The van der Waals surface area contributed by atoms with Crippen LogP contribution in [-0.4, -0.2) is 29.1 Å². The third-order valence-electron chi connectivity index (χ3n) is 1.98. The van der Waals surface area contributed by atoms with Gasteiger partial charge in [0.1, 0.15) is 0 Å². The predicted octanol–water partition coefficient (Wildman–Crippen LogP) is 2.55. The van der Waals surface area contributed by atoms with Crippen molar-refractivity contribution in [3.05, 3.63) is 29.8 Å². The van der Waals surface area contributed by atoms with Gasteiger partial charge in [-0.15, -0.1) is 0 Å². The molecule has 0 bridgehead atoms. The Morgan fingerprint density at radius 2 is 2.20 bits per heavy atom. The summed E-state index contributed by atoms with van der Waals surface area (Å²) in [5.41, 5.74) is 1.01. The molecule has 0 aromatic heterocycles. The van der Waals surface area contributed by atoms with Crippen molar-refractivity contribution < 1.29 is 9.90 Å². The number of anilines is 1. The molecular weight excluding hydrogens is 210 g/mol. The highest BCUT2D eigenvalue weighted by Crippen LogP contribution is 2.16. The predicted molar refractivity (Wildman–Crippen MR) is 64.9 cm³/mol. The van der Waals surface area contributed by atoms with E-state index in [9.17, 15) is 4.79 Å². The van der Waals surface area contributed by atoms with Crippen molar-refractivity contribution >= 4 is 23.4 Å². The molecule has 0 amide bonds. The van der Waals surface area contributed by atoms with Crippen molar-refractivity contribution in [2.45, 2.75) is 13.0 Å². The minimum Gasteiger partial charge on any atom is -0.478 e. The Bertz CT molecular complexity index is 341. The zero-order chi connectivity index (χ0) is 11.3. The lowest BCUT2D eigenvalue weighted by molar-refractivity contribution is 0.0698. The molecule has 15 heavy (non-hydrogen) atoms. The number of aromatic carboxylic acids is 1. The van der Waals surface area contributed by atoms with E-state index >= 15 is 0 Å². The second-order valence-electron chi connectivity index (χ2n) is 3.35. The molecule has 2 N–H and O–H groups in total. The van der Waals surface area contributed by atoms with Gasteiger partial charge in [0.15, 0.2) is 0 Å². The van der Waals surface area contributed by atoms with E-state index in [1.165, 1.54) is 0 Å². The lowest BCUT2D eigenvalue weighted by Crippen LogP contribution is -2.19. The van der Waals surface area contributed by atoms with Gasteiger partial charge < -0.3 is 10.4 Å². The normalized spacial score (nSPS) is 12.1. The van der Waals surface area contributed by atoms with Gasteiger partial charge in [0, 0.05) is 17.5 Å². The van der Waals surface area contributed by atoms with Gasteiger partial charge in [0.05, 0.1) is 5.56 Å². The number of para-hydroxylation sites is 1. The summed E-state index contributed by atoms with van der Waals surface area (Å²) in [5, 5.41) is 12.2. The quantitative estimate of drug-likeness (QED) is 0.808. The van der Waals surface area contributed by atoms with E-state index in [2.05, 4.69) is 5.32 Å². The maximum absolute atomic E-state index is 10.9. The van der Waals surface area contributed by atoms with Crippen molar-refractivity contribution in [3.63, 3.8) is 0 Å². The first-order valence-electron chi connectivity index (χ1n) is 4.73. The molecule has 1 aromatic carbocycles. The van der Waals surface area contributed by atoms with E-state index in [0.717, 1.165) is 5.75 Å². The summed E-state index contributed by atoms with van der Waals surface area (Å²) in [6, 6.07) is 7.23. The van der Waals surface area contributed by atoms with Gasteiger partial charge in [-0.2, -0.15) is 11.8 Å². The summed E-state index contributed by atoms with van der Waals surface area (Å²) in [6.07, 6.45) is 2.03. The molecule has 0 saturated carbocycles. The summed E-state index contributed by atoms with van der Waals surface area (Å²) in [6.45, 7) is 2.04. The molecule has 4 heteroatoms. The number of benzene rings is 1. The first-order valence-corrected chi connectivity index (χ1v) is 6.12. The summed E-state index contributed by atoms with van der Waals surface area (Å²) < 4.78 is 0. The second kappa shape index (κ2) is 5.66. The van der Waals surface area contributed by atoms with Gasteiger partial charge >= 0.3 is 5.97 Å². The number of carboxylic acids is 1. The van der Waals surface area contributed by atoms with E-state index in [1.807, 2.05) is 19.2 Å². The molecule has 3 nitrogen and oxygen atoms in total. The Morgan fingerprint density at radius 3 is 2.80 bits per heavy atom. The van der Waals surface area contributed by atoms with Gasteiger partial charge in [0.25, 0.3) is 0 Å². The van der Waals surface area contributed by atoms with Gasteiger partial charge in [-0.1, -0.05) is 12.1 Å². The maximum atomic E-state index is 10.9. The van der Waals surface area contributed by atoms with Crippen molar-refractivity contribution in [3.8, 4) is 0 Å². The Labute approximate surface area is 93.9 Å². The van der Waals surface area contributed by atoms with Crippen LogP contribution in [0.5, 0.6) is 0 Å². The SMILES string of the molecule is CSCC(C)Nc1ccccc1C(=O)O. The highest BCUT2D eigenvalue weighted by molar-refractivity contribution is 7.98. The number of thioether (sulfide) groups is 1. The summed E-state index contributed by atoms with van der Waals surface area (Å²) >= 11 is 1.73. The van der Waals surface area contributed by atoms with Crippen LogP contribution < -0.4 is 5.32 Å². The molecule has 0 fully saturated rings.